The van der Waals surface area contributed by atoms with Gasteiger partial charge < -0.3 is 11.5 Å². The monoisotopic (exact) mass is 330 g/mol. The number of nitrogens with zero attached hydrogens (tertiary/aromatic N) is 1. The lowest BCUT2D eigenvalue weighted by molar-refractivity contribution is 0.280. The standard InChI is InChI=1S/C13H22N4O2S2/c14-13(15)16-8-10-3-5-11(6-4-10)9-17-21(18,19)12-2-1-7-20-12/h1-2,7,10-11,17H,3-6,8-9H2,(H4,14,15,16). The smallest absolute Gasteiger partial charge is 0.250 e. The second-order valence-electron chi connectivity index (χ2n) is 5.44. The fourth-order valence-electron chi connectivity index (χ4n) is 2.57. The quantitative estimate of drug-likeness (QED) is 0.536. The van der Waals surface area contributed by atoms with Crippen LogP contribution in [0.25, 0.3) is 0 Å². The Balaban J connectivity index is 1.75. The number of guanidine groups is 1. The van der Waals surface area contributed by atoms with Crippen LogP contribution in [0.2, 0.25) is 0 Å². The number of sulfonamides is 1. The first-order valence-electron chi connectivity index (χ1n) is 7.06. The van der Waals surface area contributed by atoms with E-state index in [0.29, 0.717) is 29.1 Å². The summed E-state index contributed by atoms with van der Waals surface area (Å²) in [5.41, 5.74) is 10.7. The molecule has 0 saturated heterocycles. The highest BCUT2D eigenvalue weighted by atomic mass is 32.2. The second-order valence-corrected chi connectivity index (χ2v) is 8.38. The molecule has 1 aromatic heterocycles. The van der Waals surface area contributed by atoms with Crippen LogP contribution in [0, 0.1) is 11.8 Å². The van der Waals surface area contributed by atoms with Crippen LogP contribution >= 0.6 is 11.3 Å². The first-order valence-corrected chi connectivity index (χ1v) is 9.42. The van der Waals surface area contributed by atoms with Crippen molar-refractivity contribution < 1.29 is 8.42 Å². The van der Waals surface area contributed by atoms with Crippen molar-refractivity contribution in [1.82, 2.24) is 4.72 Å². The van der Waals surface area contributed by atoms with E-state index in [1.165, 1.54) is 11.3 Å². The minimum absolute atomic E-state index is 0.140. The number of rotatable bonds is 6. The molecule has 1 aromatic rings. The number of nitrogens with two attached hydrogens (primary N) is 2. The van der Waals surface area contributed by atoms with Crippen molar-refractivity contribution in [1.29, 1.82) is 0 Å². The Kier molecular flexibility index (Phi) is 5.60. The van der Waals surface area contributed by atoms with E-state index in [1.54, 1.807) is 17.5 Å². The van der Waals surface area contributed by atoms with Crippen molar-refractivity contribution in [2.75, 3.05) is 13.1 Å². The molecule has 0 aromatic carbocycles. The Hall–Kier alpha value is -1.12. The van der Waals surface area contributed by atoms with Gasteiger partial charge in [0.1, 0.15) is 4.21 Å². The van der Waals surface area contributed by atoms with Crippen molar-refractivity contribution in [2.45, 2.75) is 29.9 Å². The van der Waals surface area contributed by atoms with Crippen molar-refractivity contribution >= 4 is 27.3 Å². The van der Waals surface area contributed by atoms with Crippen LogP contribution in [-0.2, 0) is 10.0 Å². The third-order valence-corrected chi connectivity index (χ3v) is 6.64. The van der Waals surface area contributed by atoms with Crippen molar-refractivity contribution in [3.05, 3.63) is 17.5 Å². The van der Waals surface area contributed by atoms with Gasteiger partial charge in [0.05, 0.1) is 0 Å². The first-order chi connectivity index (χ1) is 9.97. The molecule has 21 heavy (non-hydrogen) atoms. The lowest BCUT2D eigenvalue weighted by atomic mass is 9.82. The maximum atomic E-state index is 12.0. The van der Waals surface area contributed by atoms with Gasteiger partial charge >= 0.3 is 0 Å². The highest BCUT2D eigenvalue weighted by molar-refractivity contribution is 7.91. The van der Waals surface area contributed by atoms with E-state index in [9.17, 15) is 8.42 Å². The SMILES string of the molecule is NC(N)=NCC1CCC(CNS(=O)(=O)c2cccs2)CC1. The zero-order chi connectivity index (χ0) is 15.3. The number of thiophene rings is 1. The molecule has 0 radical (unpaired) electrons. The summed E-state index contributed by atoms with van der Waals surface area (Å²) in [6.07, 6.45) is 4.11. The molecule has 0 aliphatic heterocycles. The van der Waals surface area contributed by atoms with E-state index in [2.05, 4.69) is 9.71 Å². The number of hydrogen-bond acceptors (Lipinski definition) is 4. The molecular formula is C13H22N4O2S2. The minimum Gasteiger partial charge on any atom is -0.370 e. The fourth-order valence-corrected chi connectivity index (χ4v) is 4.72. The van der Waals surface area contributed by atoms with Gasteiger partial charge in [-0.3, -0.25) is 4.99 Å². The van der Waals surface area contributed by atoms with Crippen molar-refractivity contribution in [2.24, 2.45) is 28.3 Å². The summed E-state index contributed by atoms with van der Waals surface area (Å²) >= 11 is 1.24. The van der Waals surface area contributed by atoms with Crippen LogP contribution < -0.4 is 16.2 Å². The second kappa shape index (κ2) is 7.24. The highest BCUT2D eigenvalue weighted by Crippen LogP contribution is 2.29. The number of aliphatic imine (C=N–C) groups is 1. The Morgan fingerprint density at radius 2 is 1.95 bits per heavy atom. The van der Waals surface area contributed by atoms with Crippen LogP contribution in [-0.4, -0.2) is 27.5 Å². The molecule has 0 unspecified atom stereocenters. The van der Waals surface area contributed by atoms with Crippen LogP contribution in [0.3, 0.4) is 0 Å². The van der Waals surface area contributed by atoms with Crippen LogP contribution in [0.5, 0.6) is 0 Å². The van der Waals surface area contributed by atoms with Gasteiger partial charge in [-0.2, -0.15) is 0 Å². The third kappa shape index (κ3) is 4.98. The number of nitrogens with one attached hydrogen (secondary N) is 1. The molecule has 0 atom stereocenters. The first kappa shape index (κ1) is 16.3. The summed E-state index contributed by atoms with van der Waals surface area (Å²) in [7, 11) is -3.34. The zero-order valence-corrected chi connectivity index (χ0v) is 13.5. The van der Waals surface area contributed by atoms with Crippen molar-refractivity contribution in [3.63, 3.8) is 0 Å². The maximum Gasteiger partial charge on any atom is 0.250 e. The molecule has 1 fully saturated rings. The predicted octanol–water partition coefficient (Wildman–Crippen LogP) is 1.11. The van der Waals surface area contributed by atoms with Gasteiger partial charge in [-0.15, -0.1) is 11.3 Å². The lowest BCUT2D eigenvalue weighted by Crippen LogP contribution is -2.31. The average molecular weight is 330 g/mol. The van der Waals surface area contributed by atoms with Crippen molar-refractivity contribution in [3.8, 4) is 0 Å². The molecule has 118 valence electrons. The van der Waals surface area contributed by atoms with E-state index in [1.807, 2.05) is 0 Å². The van der Waals surface area contributed by atoms with E-state index < -0.39 is 10.0 Å². The maximum absolute atomic E-state index is 12.0. The van der Waals surface area contributed by atoms with Gasteiger partial charge in [-0.05, 0) is 49.0 Å². The normalized spacial score (nSPS) is 22.9. The molecule has 2 rings (SSSR count). The van der Waals surface area contributed by atoms with Crippen LogP contribution in [0.4, 0.5) is 0 Å². The molecule has 0 spiro atoms. The van der Waals surface area contributed by atoms with Gasteiger partial charge in [0.2, 0.25) is 10.0 Å². The molecule has 1 heterocycles. The molecular weight excluding hydrogens is 308 g/mol. The summed E-state index contributed by atoms with van der Waals surface area (Å²) in [6, 6.07) is 3.37. The Labute approximate surface area is 129 Å². The summed E-state index contributed by atoms with van der Waals surface area (Å²) in [5.74, 6) is 1.05. The Morgan fingerprint density at radius 1 is 1.29 bits per heavy atom. The lowest BCUT2D eigenvalue weighted by Gasteiger charge is -2.27. The molecule has 6 nitrogen and oxygen atoms in total. The van der Waals surface area contributed by atoms with E-state index in [4.69, 9.17) is 11.5 Å². The summed E-state index contributed by atoms with van der Waals surface area (Å²) < 4.78 is 27.2. The summed E-state index contributed by atoms with van der Waals surface area (Å²) in [5, 5.41) is 1.77. The van der Waals surface area contributed by atoms with Gasteiger partial charge in [-0.25, -0.2) is 13.1 Å². The van der Waals surface area contributed by atoms with Gasteiger partial charge in [0, 0.05) is 13.1 Å². The molecule has 1 aliphatic rings. The fraction of sp³-hybridized carbons (Fsp3) is 0.615. The molecule has 0 bridgehead atoms. The summed E-state index contributed by atoms with van der Waals surface area (Å²) in [6.45, 7) is 1.19. The van der Waals surface area contributed by atoms with Gasteiger partial charge in [0.25, 0.3) is 0 Å². The topological polar surface area (TPSA) is 111 Å². The minimum atomic E-state index is -3.34. The Morgan fingerprint density at radius 3 is 2.52 bits per heavy atom. The molecule has 1 saturated carbocycles. The molecule has 8 heteroatoms. The van der Waals surface area contributed by atoms with Crippen LogP contribution in [0.15, 0.2) is 26.7 Å². The Bertz CT molecular complexity index is 557. The van der Waals surface area contributed by atoms with Crippen LogP contribution in [0.1, 0.15) is 25.7 Å². The third-order valence-electron chi connectivity index (χ3n) is 3.82. The molecule has 1 aliphatic carbocycles. The van der Waals surface area contributed by atoms with Gasteiger partial charge in [-0.1, -0.05) is 6.07 Å². The number of hydrogen-bond donors (Lipinski definition) is 3. The largest absolute Gasteiger partial charge is 0.370 e. The predicted molar refractivity (Wildman–Crippen MR) is 85.6 cm³/mol. The average Bonchev–Trinajstić information content (AvgIpc) is 2.99. The molecule has 5 N–H and O–H groups in total. The van der Waals surface area contributed by atoms with E-state index >= 15 is 0 Å². The summed E-state index contributed by atoms with van der Waals surface area (Å²) in [4.78, 5) is 4.05. The zero-order valence-electron chi connectivity index (χ0n) is 11.9. The molecule has 0 amide bonds. The highest BCUT2D eigenvalue weighted by Gasteiger charge is 2.23. The van der Waals surface area contributed by atoms with Gasteiger partial charge in [0.15, 0.2) is 5.96 Å². The van der Waals surface area contributed by atoms with E-state index in [0.717, 1.165) is 25.7 Å². The van der Waals surface area contributed by atoms with E-state index in [-0.39, 0.29) is 5.96 Å².